The van der Waals surface area contributed by atoms with Crippen molar-refractivity contribution in [2.75, 3.05) is 6.54 Å². The van der Waals surface area contributed by atoms with Gasteiger partial charge < -0.3 is 10.5 Å². The molecule has 0 radical (unpaired) electrons. The molecule has 2 atom stereocenters. The van der Waals surface area contributed by atoms with E-state index in [0.29, 0.717) is 13.2 Å². The third-order valence-corrected chi connectivity index (χ3v) is 3.49. The fourth-order valence-electron chi connectivity index (χ4n) is 2.51. The maximum Gasteiger partial charge on any atom is 0.0811 e. The lowest BCUT2D eigenvalue weighted by Crippen LogP contribution is -2.38. The summed E-state index contributed by atoms with van der Waals surface area (Å²) in [5.74, 6) is 0.734. The van der Waals surface area contributed by atoms with Crippen molar-refractivity contribution in [3.05, 3.63) is 18.0 Å². The van der Waals surface area contributed by atoms with Gasteiger partial charge in [-0.3, -0.25) is 4.68 Å². The van der Waals surface area contributed by atoms with Crippen LogP contribution in [0.5, 0.6) is 0 Å². The Hall–Kier alpha value is -0.870. The third-order valence-electron chi connectivity index (χ3n) is 3.49. The van der Waals surface area contributed by atoms with Gasteiger partial charge in [0, 0.05) is 25.4 Å². The summed E-state index contributed by atoms with van der Waals surface area (Å²) in [6, 6.07) is 0. The number of nitrogens with two attached hydrogens (primary N) is 1. The molecular weight excluding hydrogens is 202 g/mol. The zero-order valence-electron chi connectivity index (χ0n) is 10.1. The summed E-state index contributed by atoms with van der Waals surface area (Å²) in [5.41, 5.74) is 6.89. The molecule has 16 heavy (non-hydrogen) atoms. The summed E-state index contributed by atoms with van der Waals surface area (Å²) < 4.78 is 7.83. The van der Waals surface area contributed by atoms with Crippen LogP contribution in [0.1, 0.15) is 31.7 Å². The van der Waals surface area contributed by atoms with Crippen LogP contribution in [0.4, 0.5) is 0 Å². The first kappa shape index (κ1) is 11.6. The van der Waals surface area contributed by atoms with Crippen LogP contribution in [0, 0.1) is 5.92 Å². The molecule has 1 saturated carbocycles. The predicted molar refractivity (Wildman–Crippen MR) is 62.8 cm³/mol. The maximum atomic E-state index is 6.03. The third kappa shape index (κ3) is 2.44. The van der Waals surface area contributed by atoms with Crippen LogP contribution in [0.2, 0.25) is 0 Å². The summed E-state index contributed by atoms with van der Waals surface area (Å²) in [5, 5.41) is 4.13. The second-order valence-corrected chi connectivity index (χ2v) is 5.05. The first-order valence-corrected chi connectivity index (χ1v) is 5.95. The van der Waals surface area contributed by atoms with E-state index in [4.69, 9.17) is 10.5 Å². The molecule has 1 aliphatic carbocycles. The Morgan fingerprint density at radius 1 is 1.69 bits per heavy atom. The Kier molecular flexibility index (Phi) is 3.30. The van der Waals surface area contributed by atoms with E-state index in [2.05, 4.69) is 12.0 Å². The quantitative estimate of drug-likeness (QED) is 0.840. The van der Waals surface area contributed by atoms with Gasteiger partial charge in [0.25, 0.3) is 0 Å². The molecule has 4 nitrogen and oxygen atoms in total. The molecule has 1 aliphatic rings. The fourth-order valence-corrected chi connectivity index (χ4v) is 2.51. The monoisotopic (exact) mass is 223 g/mol. The number of aromatic nitrogens is 2. The Balaban J connectivity index is 1.93. The average Bonchev–Trinajstić information content (AvgIpc) is 2.83. The molecule has 0 saturated heterocycles. The number of rotatable bonds is 4. The molecule has 1 aromatic heterocycles. The highest BCUT2D eigenvalue weighted by Crippen LogP contribution is 2.37. The van der Waals surface area contributed by atoms with E-state index in [1.807, 2.05) is 19.4 Å². The predicted octanol–water partition coefficient (Wildman–Crippen LogP) is 1.45. The van der Waals surface area contributed by atoms with E-state index in [1.165, 1.54) is 6.42 Å². The first-order chi connectivity index (χ1) is 7.63. The summed E-state index contributed by atoms with van der Waals surface area (Å²) in [6.45, 7) is 3.51. The van der Waals surface area contributed by atoms with Gasteiger partial charge in [-0.25, -0.2) is 0 Å². The summed E-state index contributed by atoms with van der Waals surface area (Å²) in [4.78, 5) is 0. The van der Waals surface area contributed by atoms with Gasteiger partial charge in [0.05, 0.1) is 18.4 Å². The first-order valence-electron chi connectivity index (χ1n) is 5.95. The van der Waals surface area contributed by atoms with Gasteiger partial charge in [-0.15, -0.1) is 0 Å². The van der Waals surface area contributed by atoms with Crippen LogP contribution in [0.3, 0.4) is 0 Å². The van der Waals surface area contributed by atoms with E-state index in [0.717, 1.165) is 24.3 Å². The fraction of sp³-hybridized carbons (Fsp3) is 0.750. The van der Waals surface area contributed by atoms with Crippen LogP contribution in [-0.2, 0) is 18.4 Å². The van der Waals surface area contributed by atoms with E-state index in [9.17, 15) is 0 Å². The van der Waals surface area contributed by atoms with Gasteiger partial charge in [-0.05, 0) is 25.2 Å². The van der Waals surface area contributed by atoms with E-state index in [1.54, 1.807) is 4.68 Å². The van der Waals surface area contributed by atoms with Gasteiger partial charge in [0.2, 0.25) is 0 Å². The molecule has 2 unspecified atom stereocenters. The van der Waals surface area contributed by atoms with E-state index < -0.39 is 0 Å². The van der Waals surface area contributed by atoms with Gasteiger partial charge >= 0.3 is 0 Å². The highest BCUT2D eigenvalue weighted by molar-refractivity contribution is 5.02. The molecule has 4 heteroatoms. The van der Waals surface area contributed by atoms with Crippen molar-refractivity contribution in [1.82, 2.24) is 9.78 Å². The second-order valence-electron chi connectivity index (χ2n) is 5.05. The van der Waals surface area contributed by atoms with E-state index in [-0.39, 0.29) is 5.60 Å². The zero-order chi connectivity index (χ0) is 11.6. The van der Waals surface area contributed by atoms with Crippen molar-refractivity contribution in [3.63, 3.8) is 0 Å². The number of hydrogen-bond acceptors (Lipinski definition) is 3. The van der Waals surface area contributed by atoms with Crippen LogP contribution < -0.4 is 5.73 Å². The molecule has 0 aliphatic heterocycles. The highest BCUT2D eigenvalue weighted by atomic mass is 16.5. The average molecular weight is 223 g/mol. The summed E-state index contributed by atoms with van der Waals surface area (Å²) >= 11 is 0. The van der Waals surface area contributed by atoms with Crippen molar-refractivity contribution >= 4 is 0 Å². The van der Waals surface area contributed by atoms with Crippen molar-refractivity contribution in [1.29, 1.82) is 0 Å². The smallest absolute Gasteiger partial charge is 0.0811 e. The van der Waals surface area contributed by atoms with Crippen molar-refractivity contribution in [2.45, 2.75) is 38.4 Å². The normalized spacial score (nSPS) is 29.8. The van der Waals surface area contributed by atoms with Crippen LogP contribution in [0.15, 0.2) is 12.4 Å². The molecule has 1 heterocycles. The van der Waals surface area contributed by atoms with Gasteiger partial charge in [-0.1, -0.05) is 6.92 Å². The molecule has 0 aromatic carbocycles. The lowest BCUT2D eigenvalue weighted by Gasteiger charge is -2.27. The minimum atomic E-state index is -0.0880. The van der Waals surface area contributed by atoms with Gasteiger partial charge in [0.15, 0.2) is 0 Å². The van der Waals surface area contributed by atoms with Crippen molar-refractivity contribution in [3.8, 4) is 0 Å². The Morgan fingerprint density at radius 3 is 3.00 bits per heavy atom. The van der Waals surface area contributed by atoms with Crippen molar-refractivity contribution in [2.24, 2.45) is 18.7 Å². The second kappa shape index (κ2) is 4.55. The van der Waals surface area contributed by atoms with Crippen LogP contribution in [0.25, 0.3) is 0 Å². The largest absolute Gasteiger partial charge is 0.369 e. The molecule has 1 fully saturated rings. The lowest BCUT2D eigenvalue weighted by molar-refractivity contribution is -0.0471. The molecule has 1 aromatic rings. The molecule has 0 amide bonds. The van der Waals surface area contributed by atoms with Crippen molar-refractivity contribution < 1.29 is 4.74 Å². The molecular formula is C12H21N3O. The topological polar surface area (TPSA) is 53.1 Å². The maximum absolute atomic E-state index is 6.03. The highest BCUT2D eigenvalue weighted by Gasteiger charge is 2.37. The standard InChI is InChI=1S/C12H21N3O/c1-10-3-4-12(5-10,9-13)16-8-11-6-14-15(2)7-11/h6-7,10H,3-5,8-9,13H2,1-2H3. The number of aryl methyl sites for hydroxylation is 1. The van der Waals surface area contributed by atoms with Gasteiger partial charge in [-0.2, -0.15) is 5.10 Å². The Morgan fingerprint density at radius 2 is 2.50 bits per heavy atom. The molecule has 0 bridgehead atoms. The number of nitrogens with zero attached hydrogens (tertiary/aromatic N) is 2. The number of ether oxygens (including phenoxy) is 1. The Bertz CT molecular complexity index is 350. The Labute approximate surface area is 96.8 Å². The molecule has 2 N–H and O–H groups in total. The van der Waals surface area contributed by atoms with Crippen LogP contribution >= 0.6 is 0 Å². The molecule has 0 spiro atoms. The minimum Gasteiger partial charge on any atom is -0.369 e. The zero-order valence-corrected chi connectivity index (χ0v) is 10.1. The lowest BCUT2D eigenvalue weighted by atomic mass is 10.0. The minimum absolute atomic E-state index is 0.0880. The summed E-state index contributed by atoms with van der Waals surface area (Å²) in [6.07, 6.45) is 7.24. The van der Waals surface area contributed by atoms with Gasteiger partial charge in [0.1, 0.15) is 0 Å². The van der Waals surface area contributed by atoms with Crippen LogP contribution in [-0.4, -0.2) is 21.9 Å². The summed E-state index contributed by atoms with van der Waals surface area (Å²) in [7, 11) is 1.92. The number of hydrogen-bond donors (Lipinski definition) is 1. The molecule has 2 rings (SSSR count). The SMILES string of the molecule is CC1CCC(CN)(OCc2cnn(C)c2)C1. The molecule has 90 valence electrons. The van der Waals surface area contributed by atoms with E-state index >= 15 is 0 Å².